The number of hydrogen-bond donors (Lipinski definition) is 1. The molecule has 1 aromatic carbocycles. The van der Waals surface area contributed by atoms with Crippen LogP contribution in [0.25, 0.3) is 0 Å². The summed E-state index contributed by atoms with van der Waals surface area (Å²) < 4.78 is 66.3. The molecule has 0 heterocycles. The van der Waals surface area contributed by atoms with E-state index in [0.717, 1.165) is 18.8 Å². The second-order valence-electron chi connectivity index (χ2n) is 12.3. The van der Waals surface area contributed by atoms with Crippen LogP contribution in [-0.4, -0.2) is 152 Å². The lowest BCUT2D eigenvalue weighted by molar-refractivity contribution is -0.0277. The number of rotatable bonds is 45. The summed E-state index contributed by atoms with van der Waals surface area (Å²) >= 11 is 0. The number of benzene rings is 1. The van der Waals surface area contributed by atoms with Crippen molar-refractivity contribution in [3.8, 4) is 5.75 Å². The first kappa shape index (κ1) is 49.4. The van der Waals surface area contributed by atoms with Gasteiger partial charge in [0.25, 0.3) is 0 Å². The maximum absolute atomic E-state index is 5.65. The maximum Gasteiger partial charge on any atom is 0.119 e. The Hall–Kier alpha value is -1.62. The third-order valence-electron chi connectivity index (χ3n) is 7.74. The van der Waals surface area contributed by atoms with Crippen LogP contribution in [0.5, 0.6) is 5.75 Å². The van der Waals surface area contributed by atoms with E-state index in [1.54, 1.807) is 12.1 Å². The van der Waals surface area contributed by atoms with E-state index in [4.69, 9.17) is 62.6 Å². The van der Waals surface area contributed by atoms with E-state index in [1.165, 1.54) is 57.8 Å². The Morgan fingerprint density at radius 2 is 0.547 bits per heavy atom. The highest BCUT2D eigenvalue weighted by Crippen LogP contribution is 2.13. The van der Waals surface area contributed by atoms with Gasteiger partial charge in [0, 0.05) is 12.3 Å². The number of unbranched alkanes of at least 4 members (excludes halogenated alkanes) is 9. The van der Waals surface area contributed by atoms with Gasteiger partial charge in [0.05, 0.1) is 139 Å². The van der Waals surface area contributed by atoms with Crippen LogP contribution in [0.15, 0.2) is 24.3 Å². The summed E-state index contributed by atoms with van der Waals surface area (Å²) in [6.45, 7) is 14.7. The maximum atomic E-state index is 5.65. The van der Waals surface area contributed by atoms with Crippen molar-refractivity contribution in [3.63, 3.8) is 0 Å². The highest BCUT2D eigenvalue weighted by molar-refractivity contribution is 5.41. The molecule has 0 unspecified atom stereocenters. The van der Waals surface area contributed by atoms with Crippen LogP contribution in [0.4, 0.5) is 5.69 Å². The van der Waals surface area contributed by atoms with Crippen molar-refractivity contribution < 1.29 is 56.8 Å². The van der Waals surface area contributed by atoms with Crippen molar-refractivity contribution in [1.82, 2.24) is 0 Å². The number of ether oxygens (including phenoxy) is 12. The molecule has 0 aliphatic carbocycles. The van der Waals surface area contributed by atoms with Crippen molar-refractivity contribution in [1.29, 1.82) is 0 Å². The molecular weight excluding hydrogens is 686 g/mol. The fraction of sp³-hybridized carbons (Fsp3) is 0.850. The van der Waals surface area contributed by atoms with Crippen LogP contribution in [0.3, 0.4) is 0 Å². The number of nitrogen functional groups attached to an aromatic ring is 1. The fourth-order valence-corrected chi connectivity index (χ4v) is 4.78. The Kier molecular flexibility index (Phi) is 40.2. The van der Waals surface area contributed by atoms with Crippen LogP contribution in [0.1, 0.15) is 71.1 Å². The summed E-state index contributed by atoms with van der Waals surface area (Å²) in [6.07, 6.45) is 13.4. The van der Waals surface area contributed by atoms with Crippen molar-refractivity contribution in [2.24, 2.45) is 0 Å². The van der Waals surface area contributed by atoms with E-state index in [2.05, 4.69) is 6.92 Å². The molecule has 2 N–H and O–H groups in total. The van der Waals surface area contributed by atoms with Gasteiger partial charge in [-0.15, -0.1) is 0 Å². The zero-order chi connectivity index (χ0) is 37.8. The van der Waals surface area contributed by atoms with E-state index in [9.17, 15) is 0 Å². The molecule has 0 aromatic heterocycles. The lowest BCUT2D eigenvalue weighted by Gasteiger charge is -2.09. The monoisotopic (exact) mass is 762 g/mol. The summed E-state index contributed by atoms with van der Waals surface area (Å²) in [5, 5.41) is 0. The molecule has 0 spiro atoms. The molecule has 0 aliphatic heterocycles. The first-order chi connectivity index (χ1) is 26.3. The van der Waals surface area contributed by atoms with Crippen LogP contribution >= 0.6 is 0 Å². The molecule has 1 rings (SSSR count). The van der Waals surface area contributed by atoms with Crippen LogP contribution in [0.2, 0.25) is 0 Å². The molecule has 0 bridgehead atoms. The smallest absolute Gasteiger partial charge is 0.119 e. The van der Waals surface area contributed by atoms with E-state index in [1.807, 2.05) is 12.1 Å². The predicted molar refractivity (Wildman–Crippen MR) is 207 cm³/mol. The minimum atomic E-state index is 0.477. The van der Waals surface area contributed by atoms with Gasteiger partial charge in [-0.1, -0.05) is 64.7 Å². The second kappa shape index (κ2) is 43.1. The third kappa shape index (κ3) is 39.9. The van der Waals surface area contributed by atoms with Gasteiger partial charge < -0.3 is 62.6 Å². The van der Waals surface area contributed by atoms with Gasteiger partial charge in [-0.25, -0.2) is 0 Å². The van der Waals surface area contributed by atoms with E-state index in [0.29, 0.717) is 151 Å². The van der Waals surface area contributed by atoms with Crippen LogP contribution in [-0.2, 0) is 52.1 Å². The molecule has 0 amide bonds. The Labute approximate surface area is 321 Å². The fourth-order valence-electron chi connectivity index (χ4n) is 4.78. The van der Waals surface area contributed by atoms with Crippen molar-refractivity contribution >= 4 is 5.69 Å². The summed E-state index contributed by atoms with van der Waals surface area (Å²) in [7, 11) is 0. The Bertz CT molecular complexity index is 823. The molecule has 13 nitrogen and oxygen atoms in total. The molecule has 1 aromatic rings. The Balaban J connectivity index is 1.61. The average molecular weight is 762 g/mol. The minimum absolute atomic E-state index is 0.477. The van der Waals surface area contributed by atoms with Gasteiger partial charge in [0.1, 0.15) is 12.4 Å². The van der Waals surface area contributed by atoms with Crippen molar-refractivity contribution in [2.75, 3.05) is 158 Å². The highest BCUT2D eigenvalue weighted by atomic mass is 16.6. The summed E-state index contributed by atoms with van der Waals surface area (Å²) in [6, 6.07) is 7.28. The topological polar surface area (TPSA) is 137 Å². The molecule has 0 atom stereocenters. The van der Waals surface area contributed by atoms with E-state index >= 15 is 0 Å². The van der Waals surface area contributed by atoms with Crippen LogP contribution in [0, 0.1) is 0 Å². The summed E-state index contributed by atoms with van der Waals surface area (Å²) in [4.78, 5) is 0. The van der Waals surface area contributed by atoms with Crippen LogP contribution < -0.4 is 10.5 Å². The van der Waals surface area contributed by atoms with E-state index in [-0.39, 0.29) is 0 Å². The number of hydrogen-bond acceptors (Lipinski definition) is 13. The molecule has 0 saturated carbocycles. The predicted octanol–water partition coefficient (Wildman–Crippen LogP) is 5.75. The SMILES string of the molecule is CCCCCCCCCCCCOCCOCCOCCOCCOCCOCCOCCOCCOCCOCCOCCOc1ccc(N)cc1. The van der Waals surface area contributed by atoms with Gasteiger partial charge in [0.2, 0.25) is 0 Å². The lowest BCUT2D eigenvalue weighted by atomic mass is 10.1. The highest BCUT2D eigenvalue weighted by Gasteiger charge is 1.98. The second-order valence-corrected chi connectivity index (χ2v) is 12.3. The molecule has 13 heteroatoms. The molecule has 0 radical (unpaired) electrons. The zero-order valence-electron chi connectivity index (χ0n) is 33.1. The third-order valence-corrected chi connectivity index (χ3v) is 7.74. The van der Waals surface area contributed by atoms with Crippen molar-refractivity contribution in [3.05, 3.63) is 24.3 Å². The Morgan fingerprint density at radius 3 is 0.849 bits per heavy atom. The standard InChI is InChI=1S/C40H75NO12/c1-2-3-4-5-6-7-8-9-10-11-16-42-17-18-43-19-20-44-21-22-45-23-24-46-25-26-47-27-28-48-29-30-49-31-32-50-33-34-51-35-36-52-37-38-53-40-14-12-39(41)13-15-40/h12-15H,2-11,16-38,41H2,1H3. The van der Waals surface area contributed by atoms with Crippen molar-refractivity contribution in [2.45, 2.75) is 71.1 Å². The van der Waals surface area contributed by atoms with E-state index < -0.39 is 0 Å². The van der Waals surface area contributed by atoms with Gasteiger partial charge in [0.15, 0.2) is 0 Å². The minimum Gasteiger partial charge on any atom is -0.491 e. The molecular formula is C40H75NO12. The lowest BCUT2D eigenvalue weighted by Crippen LogP contribution is -2.15. The molecule has 0 fully saturated rings. The van der Waals surface area contributed by atoms with Gasteiger partial charge in [-0.3, -0.25) is 0 Å². The molecule has 0 aliphatic rings. The largest absolute Gasteiger partial charge is 0.491 e. The molecule has 312 valence electrons. The number of nitrogens with two attached hydrogens (primary N) is 1. The normalized spacial score (nSPS) is 11.5. The molecule has 0 saturated heterocycles. The quantitative estimate of drug-likeness (QED) is 0.0639. The van der Waals surface area contributed by atoms with Gasteiger partial charge >= 0.3 is 0 Å². The zero-order valence-corrected chi connectivity index (χ0v) is 33.1. The summed E-state index contributed by atoms with van der Waals surface area (Å²) in [5.74, 6) is 0.774. The molecule has 53 heavy (non-hydrogen) atoms. The summed E-state index contributed by atoms with van der Waals surface area (Å²) in [5.41, 5.74) is 6.36. The first-order valence-electron chi connectivity index (χ1n) is 20.2. The first-order valence-corrected chi connectivity index (χ1v) is 20.2. The number of anilines is 1. The average Bonchev–Trinajstić information content (AvgIpc) is 3.17. The Morgan fingerprint density at radius 1 is 0.302 bits per heavy atom. The van der Waals surface area contributed by atoms with Gasteiger partial charge in [-0.2, -0.15) is 0 Å². The van der Waals surface area contributed by atoms with Gasteiger partial charge in [-0.05, 0) is 30.7 Å².